The van der Waals surface area contributed by atoms with Crippen LogP contribution in [0.5, 0.6) is 11.5 Å². The molecule has 2 aromatic carbocycles. The van der Waals surface area contributed by atoms with Crippen molar-refractivity contribution in [1.29, 1.82) is 0 Å². The van der Waals surface area contributed by atoms with Crippen LogP contribution < -0.4 is 14.9 Å². The van der Waals surface area contributed by atoms with Crippen LogP contribution in [0.4, 0.5) is 0 Å². The molecule has 29 heavy (non-hydrogen) atoms. The largest absolute Gasteiger partial charge is 0.493 e. The van der Waals surface area contributed by atoms with Crippen LogP contribution in [-0.4, -0.2) is 25.8 Å². The Morgan fingerprint density at radius 3 is 2.52 bits per heavy atom. The van der Waals surface area contributed by atoms with Gasteiger partial charge in [-0.05, 0) is 59.6 Å². The van der Waals surface area contributed by atoms with E-state index in [9.17, 15) is 4.79 Å². The molecule has 0 radical (unpaired) electrons. The van der Waals surface area contributed by atoms with Gasteiger partial charge in [0.1, 0.15) is 0 Å². The maximum absolute atomic E-state index is 12.4. The highest BCUT2D eigenvalue weighted by Crippen LogP contribution is 2.47. The Morgan fingerprint density at radius 1 is 1.17 bits per heavy atom. The van der Waals surface area contributed by atoms with E-state index >= 15 is 0 Å². The van der Waals surface area contributed by atoms with Crippen molar-refractivity contribution in [2.45, 2.75) is 45.4 Å². The zero-order chi connectivity index (χ0) is 21.0. The number of hydrogen-bond donors (Lipinski definition) is 1. The number of hydrazone groups is 1. The highest BCUT2D eigenvalue weighted by atomic mass is 16.5. The third-order valence-corrected chi connectivity index (χ3v) is 5.21. The molecule has 0 unspecified atom stereocenters. The highest BCUT2D eigenvalue weighted by Gasteiger charge is 2.44. The number of rotatable bonds is 7. The minimum Gasteiger partial charge on any atom is -0.493 e. The SMILES string of the molecule is CCOc1cc(C=NNC(=O)[C@H]2C[C@H]2c2ccc(C(C)(C)C)cc2)ccc1OC. The number of nitrogens with one attached hydrogen (secondary N) is 1. The molecule has 0 aliphatic heterocycles. The molecule has 1 aliphatic rings. The number of methoxy groups -OCH3 is 1. The Kier molecular flexibility index (Phi) is 6.26. The number of ether oxygens (including phenoxy) is 2. The van der Waals surface area contributed by atoms with Gasteiger partial charge >= 0.3 is 0 Å². The molecule has 1 aliphatic carbocycles. The maximum Gasteiger partial charge on any atom is 0.243 e. The molecule has 154 valence electrons. The Labute approximate surface area is 173 Å². The van der Waals surface area contributed by atoms with Crippen LogP contribution >= 0.6 is 0 Å². The average Bonchev–Trinajstić information content (AvgIpc) is 3.49. The smallest absolute Gasteiger partial charge is 0.243 e. The van der Waals surface area contributed by atoms with E-state index in [1.807, 2.05) is 25.1 Å². The summed E-state index contributed by atoms with van der Waals surface area (Å²) in [5.41, 5.74) is 6.16. The van der Waals surface area contributed by atoms with Crippen LogP contribution in [0.3, 0.4) is 0 Å². The molecule has 3 rings (SSSR count). The fourth-order valence-corrected chi connectivity index (χ4v) is 3.38. The van der Waals surface area contributed by atoms with E-state index in [1.54, 1.807) is 13.3 Å². The molecule has 2 atom stereocenters. The zero-order valence-electron chi connectivity index (χ0n) is 17.9. The van der Waals surface area contributed by atoms with Gasteiger partial charge in [-0.1, -0.05) is 45.0 Å². The molecular weight excluding hydrogens is 364 g/mol. The van der Waals surface area contributed by atoms with Crippen molar-refractivity contribution >= 4 is 12.1 Å². The van der Waals surface area contributed by atoms with Crippen molar-refractivity contribution in [3.8, 4) is 11.5 Å². The van der Waals surface area contributed by atoms with Gasteiger partial charge < -0.3 is 9.47 Å². The molecule has 1 amide bonds. The summed E-state index contributed by atoms with van der Waals surface area (Å²) in [6.45, 7) is 9.07. The first kappa shape index (κ1) is 20.9. The van der Waals surface area contributed by atoms with Crippen molar-refractivity contribution < 1.29 is 14.3 Å². The van der Waals surface area contributed by atoms with Crippen LogP contribution in [-0.2, 0) is 10.2 Å². The van der Waals surface area contributed by atoms with Gasteiger partial charge in [0.15, 0.2) is 11.5 Å². The Hall–Kier alpha value is -2.82. The van der Waals surface area contributed by atoms with Gasteiger partial charge in [0.25, 0.3) is 0 Å². The number of nitrogens with zero attached hydrogens (tertiary/aromatic N) is 1. The van der Waals surface area contributed by atoms with Gasteiger partial charge in [-0.15, -0.1) is 0 Å². The number of amides is 1. The molecule has 0 heterocycles. The van der Waals surface area contributed by atoms with Crippen LogP contribution in [0.25, 0.3) is 0 Å². The standard InChI is InChI=1S/C24H30N2O3/c1-6-29-22-13-16(7-12-21(22)28-5)15-25-26-23(27)20-14-19(20)17-8-10-18(11-9-17)24(2,3)4/h7-13,15,19-20H,6,14H2,1-5H3,(H,26,27)/t19-,20-/m0/s1. The third kappa shape index (κ3) is 5.17. The van der Waals surface area contributed by atoms with Crippen molar-refractivity contribution in [3.05, 3.63) is 59.2 Å². The van der Waals surface area contributed by atoms with E-state index in [4.69, 9.17) is 9.47 Å². The fraction of sp³-hybridized carbons (Fsp3) is 0.417. The predicted octanol–water partition coefficient (Wildman–Crippen LogP) is 4.65. The van der Waals surface area contributed by atoms with Gasteiger partial charge in [-0.2, -0.15) is 5.10 Å². The molecule has 0 spiro atoms. The van der Waals surface area contributed by atoms with Gasteiger partial charge in [0.2, 0.25) is 5.91 Å². The maximum atomic E-state index is 12.4. The molecule has 2 aromatic rings. The fourth-order valence-electron chi connectivity index (χ4n) is 3.38. The molecule has 1 N–H and O–H groups in total. The third-order valence-electron chi connectivity index (χ3n) is 5.21. The monoisotopic (exact) mass is 394 g/mol. The first-order valence-corrected chi connectivity index (χ1v) is 10.1. The van der Waals surface area contributed by atoms with Crippen LogP contribution in [0, 0.1) is 5.92 Å². The van der Waals surface area contributed by atoms with E-state index in [0.717, 1.165) is 12.0 Å². The number of hydrogen-bond acceptors (Lipinski definition) is 4. The average molecular weight is 395 g/mol. The Bertz CT molecular complexity index is 882. The van der Waals surface area contributed by atoms with Gasteiger partial charge in [0.05, 0.1) is 19.9 Å². The summed E-state index contributed by atoms with van der Waals surface area (Å²) in [6, 6.07) is 14.2. The summed E-state index contributed by atoms with van der Waals surface area (Å²) in [7, 11) is 1.61. The molecule has 0 aromatic heterocycles. The molecule has 1 saturated carbocycles. The molecular formula is C24H30N2O3. The van der Waals surface area contributed by atoms with E-state index in [1.165, 1.54) is 11.1 Å². The molecule has 0 saturated heterocycles. The summed E-state index contributed by atoms with van der Waals surface area (Å²) < 4.78 is 10.8. The van der Waals surface area contributed by atoms with Crippen LogP contribution in [0.2, 0.25) is 0 Å². The lowest BCUT2D eigenvalue weighted by Gasteiger charge is -2.19. The zero-order valence-corrected chi connectivity index (χ0v) is 17.9. The Morgan fingerprint density at radius 2 is 1.90 bits per heavy atom. The first-order chi connectivity index (χ1) is 13.8. The second kappa shape index (κ2) is 8.68. The minimum absolute atomic E-state index is 0.0116. The van der Waals surface area contributed by atoms with E-state index in [2.05, 4.69) is 55.6 Å². The number of carbonyl (C=O) groups is 1. The Balaban J connectivity index is 1.56. The first-order valence-electron chi connectivity index (χ1n) is 10.1. The van der Waals surface area contributed by atoms with Crippen molar-refractivity contribution in [1.82, 2.24) is 5.43 Å². The summed E-state index contributed by atoms with van der Waals surface area (Å²) >= 11 is 0. The molecule has 0 bridgehead atoms. The molecule has 5 heteroatoms. The van der Waals surface area contributed by atoms with Crippen LogP contribution in [0.15, 0.2) is 47.6 Å². The minimum atomic E-state index is -0.0373. The van der Waals surface area contributed by atoms with Gasteiger partial charge in [0, 0.05) is 5.92 Å². The van der Waals surface area contributed by atoms with Gasteiger partial charge in [-0.3, -0.25) is 4.79 Å². The quantitative estimate of drug-likeness (QED) is 0.549. The molecule has 5 nitrogen and oxygen atoms in total. The number of benzene rings is 2. The topological polar surface area (TPSA) is 59.9 Å². The van der Waals surface area contributed by atoms with Crippen molar-refractivity contribution in [3.63, 3.8) is 0 Å². The van der Waals surface area contributed by atoms with E-state index in [-0.39, 0.29) is 23.2 Å². The summed E-state index contributed by atoms with van der Waals surface area (Å²) in [5.74, 6) is 1.56. The lowest BCUT2D eigenvalue weighted by Crippen LogP contribution is -2.20. The lowest BCUT2D eigenvalue weighted by atomic mass is 9.86. The second-order valence-corrected chi connectivity index (χ2v) is 8.40. The van der Waals surface area contributed by atoms with E-state index in [0.29, 0.717) is 18.1 Å². The van der Waals surface area contributed by atoms with Crippen molar-refractivity contribution in [2.75, 3.05) is 13.7 Å². The predicted molar refractivity (Wildman–Crippen MR) is 116 cm³/mol. The van der Waals surface area contributed by atoms with Crippen molar-refractivity contribution in [2.24, 2.45) is 11.0 Å². The second-order valence-electron chi connectivity index (χ2n) is 8.40. The summed E-state index contributed by atoms with van der Waals surface area (Å²) in [6.07, 6.45) is 2.49. The summed E-state index contributed by atoms with van der Waals surface area (Å²) in [5, 5.41) is 4.11. The lowest BCUT2D eigenvalue weighted by molar-refractivity contribution is -0.122. The number of carbonyl (C=O) groups excluding carboxylic acids is 1. The summed E-state index contributed by atoms with van der Waals surface area (Å²) in [4.78, 5) is 12.4. The highest BCUT2D eigenvalue weighted by molar-refractivity contribution is 5.86. The van der Waals surface area contributed by atoms with Gasteiger partial charge in [-0.25, -0.2) is 5.43 Å². The normalized spacial score (nSPS) is 18.5. The van der Waals surface area contributed by atoms with Crippen LogP contribution in [0.1, 0.15) is 56.7 Å². The molecule has 1 fully saturated rings. The van der Waals surface area contributed by atoms with E-state index < -0.39 is 0 Å².